The number of rotatable bonds is 8. The highest BCUT2D eigenvalue weighted by molar-refractivity contribution is 6.05. The molecule has 3 rings (SSSR count). The van der Waals surface area contributed by atoms with Crippen molar-refractivity contribution in [3.05, 3.63) is 83.9 Å². The Morgan fingerprint density at radius 3 is 2.32 bits per heavy atom. The molecule has 31 heavy (non-hydrogen) atoms. The number of para-hydroxylation sites is 3. The highest BCUT2D eigenvalue weighted by Gasteiger charge is 2.12. The molecule has 0 heterocycles. The van der Waals surface area contributed by atoms with Crippen molar-refractivity contribution in [3.63, 3.8) is 0 Å². The highest BCUT2D eigenvalue weighted by atomic mass is 16.6. The SMILES string of the molecule is CCOC(=O)COc1ccc(C(=O)Nc2ccccc2Oc2ccccc2C#N)cc1. The zero-order chi connectivity index (χ0) is 22.1. The first-order valence-corrected chi connectivity index (χ1v) is 9.56. The molecular formula is C24H20N2O5. The number of hydrogen-bond acceptors (Lipinski definition) is 6. The molecule has 0 saturated heterocycles. The largest absolute Gasteiger partial charge is 0.482 e. The number of nitrogens with one attached hydrogen (secondary N) is 1. The first-order valence-electron chi connectivity index (χ1n) is 9.56. The molecule has 0 saturated carbocycles. The van der Waals surface area contributed by atoms with Gasteiger partial charge in [-0.1, -0.05) is 24.3 Å². The topological polar surface area (TPSA) is 97.7 Å². The normalized spacial score (nSPS) is 9.94. The highest BCUT2D eigenvalue weighted by Crippen LogP contribution is 2.31. The summed E-state index contributed by atoms with van der Waals surface area (Å²) in [5.74, 6) is 0.449. The monoisotopic (exact) mass is 416 g/mol. The molecular weight excluding hydrogens is 396 g/mol. The molecule has 7 heteroatoms. The van der Waals surface area contributed by atoms with Crippen molar-refractivity contribution in [2.45, 2.75) is 6.92 Å². The minimum absolute atomic E-state index is 0.200. The van der Waals surface area contributed by atoms with Crippen LogP contribution in [0.1, 0.15) is 22.8 Å². The molecule has 1 amide bonds. The molecule has 1 N–H and O–H groups in total. The Kier molecular flexibility index (Phi) is 7.22. The lowest BCUT2D eigenvalue weighted by Gasteiger charge is -2.13. The van der Waals surface area contributed by atoms with E-state index in [4.69, 9.17) is 14.2 Å². The number of carbonyl (C=O) groups excluding carboxylic acids is 2. The van der Waals surface area contributed by atoms with Crippen LogP contribution in [0.4, 0.5) is 5.69 Å². The third-order valence-electron chi connectivity index (χ3n) is 4.14. The van der Waals surface area contributed by atoms with Gasteiger partial charge in [-0.05, 0) is 55.5 Å². The summed E-state index contributed by atoms with van der Waals surface area (Å²) in [5.41, 5.74) is 1.25. The van der Waals surface area contributed by atoms with Gasteiger partial charge in [-0.15, -0.1) is 0 Å². The lowest BCUT2D eigenvalue weighted by molar-refractivity contribution is -0.145. The van der Waals surface area contributed by atoms with Gasteiger partial charge in [0.25, 0.3) is 5.91 Å². The van der Waals surface area contributed by atoms with Crippen molar-refractivity contribution >= 4 is 17.6 Å². The maximum absolute atomic E-state index is 12.7. The van der Waals surface area contributed by atoms with Crippen LogP contribution in [0, 0.1) is 11.3 Å². The van der Waals surface area contributed by atoms with E-state index in [1.54, 1.807) is 79.7 Å². The summed E-state index contributed by atoms with van der Waals surface area (Å²) in [6.45, 7) is 1.81. The molecule has 0 aliphatic carbocycles. The number of ether oxygens (including phenoxy) is 3. The fraction of sp³-hybridized carbons (Fsp3) is 0.125. The van der Waals surface area contributed by atoms with Crippen LogP contribution in [-0.2, 0) is 9.53 Å². The van der Waals surface area contributed by atoms with Crippen LogP contribution in [0.3, 0.4) is 0 Å². The van der Waals surface area contributed by atoms with E-state index >= 15 is 0 Å². The Morgan fingerprint density at radius 1 is 0.935 bits per heavy atom. The van der Waals surface area contributed by atoms with Crippen LogP contribution in [-0.4, -0.2) is 25.1 Å². The Morgan fingerprint density at radius 2 is 1.61 bits per heavy atom. The molecule has 0 spiro atoms. The Hall–Kier alpha value is -4.31. The third kappa shape index (κ3) is 5.84. The quantitative estimate of drug-likeness (QED) is 0.541. The number of anilines is 1. The lowest BCUT2D eigenvalue weighted by atomic mass is 10.2. The maximum Gasteiger partial charge on any atom is 0.344 e. The number of benzene rings is 3. The average Bonchev–Trinajstić information content (AvgIpc) is 2.80. The van der Waals surface area contributed by atoms with Crippen LogP contribution < -0.4 is 14.8 Å². The molecule has 0 aliphatic heterocycles. The van der Waals surface area contributed by atoms with E-state index in [1.807, 2.05) is 0 Å². The van der Waals surface area contributed by atoms with Gasteiger partial charge in [-0.25, -0.2) is 4.79 Å². The minimum Gasteiger partial charge on any atom is -0.482 e. The molecule has 0 aromatic heterocycles. The lowest BCUT2D eigenvalue weighted by Crippen LogP contribution is -2.15. The first-order chi connectivity index (χ1) is 15.1. The third-order valence-corrected chi connectivity index (χ3v) is 4.14. The summed E-state index contributed by atoms with van der Waals surface area (Å²) >= 11 is 0. The van der Waals surface area contributed by atoms with Crippen LogP contribution in [0.2, 0.25) is 0 Å². The van der Waals surface area contributed by atoms with Gasteiger partial charge < -0.3 is 19.5 Å². The predicted molar refractivity (Wildman–Crippen MR) is 114 cm³/mol. The van der Waals surface area contributed by atoms with Crippen molar-refractivity contribution in [2.75, 3.05) is 18.5 Å². The maximum atomic E-state index is 12.7. The number of amides is 1. The zero-order valence-corrected chi connectivity index (χ0v) is 16.8. The number of carbonyl (C=O) groups is 2. The molecule has 156 valence electrons. The van der Waals surface area contributed by atoms with Crippen LogP contribution >= 0.6 is 0 Å². The van der Waals surface area contributed by atoms with Gasteiger partial charge in [0.15, 0.2) is 12.4 Å². The molecule has 0 unspecified atom stereocenters. The van der Waals surface area contributed by atoms with Crippen LogP contribution in [0.25, 0.3) is 0 Å². The number of nitriles is 1. The van der Waals surface area contributed by atoms with E-state index in [0.29, 0.717) is 34.1 Å². The van der Waals surface area contributed by atoms with Gasteiger partial charge in [0.05, 0.1) is 17.9 Å². The van der Waals surface area contributed by atoms with Crippen molar-refractivity contribution in [1.82, 2.24) is 0 Å². The fourth-order valence-corrected chi connectivity index (χ4v) is 2.67. The molecule has 7 nitrogen and oxygen atoms in total. The second kappa shape index (κ2) is 10.5. The number of nitrogens with zero attached hydrogens (tertiary/aromatic N) is 1. The van der Waals surface area contributed by atoms with Crippen molar-refractivity contribution < 1.29 is 23.8 Å². The predicted octanol–water partition coefficient (Wildman–Crippen LogP) is 4.54. The van der Waals surface area contributed by atoms with Crippen molar-refractivity contribution in [2.24, 2.45) is 0 Å². The van der Waals surface area contributed by atoms with Gasteiger partial charge >= 0.3 is 5.97 Å². The summed E-state index contributed by atoms with van der Waals surface area (Å²) in [6, 6.07) is 22.3. The molecule has 3 aromatic carbocycles. The van der Waals surface area contributed by atoms with Crippen molar-refractivity contribution in [1.29, 1.82) is 5.26 Å². The van der Waals surface area contributed by atoms with Gasteiger partial charge in [-0.3, -0.25) is 4.79 Å². The van der Waals surface area contributed by atoms with E-state index in [-0.39, 0.29) is 19.1 Å². The van der Waals surface area contributed by atoms with E-state index < -0.39 is 5.97 Å². The van der Waals surface area contributed by atoms with E-state index in [0.717, 1.165) is 0 Å². The van der Waals surface area contributed by atoms with E-state index in [2.05, 4.69) is 11.4 Å². The van der Waals surface area contributed by atoms with E-state index in [1.165, 1.54) is 0 Å². The number of hydrogen-bond donors (Lipinski definition) is 1. The average molecular weight is 416 g/mol. The molecule has 0 fully saturated rings. The van der Waals surface area contributed by atoms with Gasteiger partial charge in [0.2, 0.25) is 0 Å². The summed E-state index contributed by atoms with van der Waals surface area (Å²) in [4.78, 5) is 24.0. The van der Waals surface area contributed by atoms with Crippen LogP contribution in [0.15, 0.2) is 72.8 Å². The molecule has 0 aliphatic rings. The Bertz CT molecular complexity index is 1100. The van der Waals surface area contributed by atoms with Crippen molar-refractivity contribution in [3.8, 4) is 23.3 Å². The molecule has 0 atom stereocenters. The van der Waals surface area contributed by atoms with Gasteiger partial charge in [0.1, 0.15) is 17.6 Å². The summed E-state index contributed by atoms with van der Waals surface area (Å²) in [6.07, 6.45) is 0. The molecule has 0 radical (unpaired) electrons. The molecule has 0 bridgehead atoms. The van der Waals surface area contributed by atoms with Gasteiger partial charge in [0, 0.05) is 5.56 Å². The Labute approximate surface area is 179 Å². The molecule has 3 aromatic rings. The zero-order valence-electron chi connectivity index (χ0n) is 16.8. The summed E-state index contributed by atoms with van der Waals surface area (Å²) in [7, 11) is 0. The smallest absolute Gasteiger partial charge is 0.344 e. The van der Waals surface area contributed by atoms with Gasteiger partial charge in [-0.2, -0.15) is 5.26 Å². The standard InChI is InChI=1S/C24H20N2O5/c1-2-29-23(27)16-30-19-13-11-17(12-14-19)24(28)26-20-8-4-6-10-22(20)31-21-9-5-3-7-18(21)15-25/h3-14H,2,16H2,1H3,(H,26,28). The fourth-order valence-electron chi connectivity index (χ4n) is 2.67. The van der Waals surface area contributed by atoms with Crippen LogP contribution in [0.5, 0.6) is 17.2 Å². The second-order valence-electron chi connectivity index (χ2n) is 6.28. The second-order valence-corrected chi connectivity index (χ2v) is 6.28. The Balaban J connectivity index is 1.68. The summed E-state index contributed by atoms with van der Waals surface area (Å²) < 4.78 is 16.0. The first kappa shape index (κ1) is 21.4. The van der Waals surface area contributed by atoms with E-state index in [9.17, 15) is 14.9 Å². The number of esters is 1. The minimum atomic E-state index is -0.459. The summed E-state index contributed by atoms with van der Waals surface area (Å²) in [5, 5.41) is 12.1.